The third kappa shape index (κ3) is 4.05. The lowest BCUT2D eigenvalue weighted by Crippen LogP contribution is -2.39. The number of likely N-dealkylation sites (tertiary alicyclic amines) is 1. The first-order valence-corrected chi connectivity index (χ1v) is 7.60. The summed E-state index contributed by atoms with van der Waals surface area (Å²) in [5.74, 6) is 1.70. The van der Waals surface area contributed by atoms with E-state index in [4.69, 9.17) is 5.73 Å². The number of piperidine rings is 1. The second-order valence-corrected chi connectivity index (χ2v) is 6.35. The Morgan fingerprint density at radius 1 is 1.32 bits per heavy atom. The molecule has 1 aromatic carbocycles. The molecule has 2 nitrogen and oxygen atoms in total. The van der Waals surface area contributed by atoms with Gasteiger partial charge < -0.3 is 10.6 Å². The van der Waals surface area contributed by atoms with Gasteiger partial charge in [-0.15, -0.1) is 0 Å². The molecule has 0 spiro atoms. The van der Waals surface area contributed by atoms with E-state index in [9.17, 15) is 0 Å². The number of rotatable bonds is 4. The highest BCUT2D eigenvalue weighted by atomic mass is 15.1. The minimum Gasteiger partial charge on any atom is -0.324 e. The van der Waals surface area contributed by atoms with Crippen LogP contribution in [0.5, 0.6) is 0 Å². The molecule has 1 fully saturated rings. The van der Waals surface area contributed by atoms with Crippen LogP contribution in [0.25, 0.3) is 0 Å². The van der Waals surface area contributed by atoms with E-state index in [0.29, 0.717) is 0 Å². The van der Waals surface area contributed by atoms with Crippen LogP contribution in [0.3, 0.4) is 0 Å². The third-order valence-electron chi connectivity index (χ3n) is 4.64. The van der Waals surface area contributed by atoms with Crippen molar-refractivity contribution in [2.45, 2.75) is 39.7 Å². The quantitative estimate of drug-likeness (QED) is 0.899. The zero-order valence-electron chi connectivity index (χ0n) is 12.6. The zero-order valence-corrected chi connectivity index (χ0v) is 12.6. The van der Waals surface area contributed by atoms with Crippen molar-refractivity contribution in [3.8, 4) is 0 Å². The molecular weight excluding hydrogens is 232 g/mol. The van der Waals surface area contributed by atoms with Crippen molar-refractivity contribution in [1.82, 2.24) is 4.90 Å². The first-order valence-electron chi connectivity index (χ1n) is 7.60. The second kappa shape index (κ2) is 6.53. The summed E-state index contributed by atoms with van der Waals surface area (Å²) in [6.07, 6.45) is 2.39. The molecule has 1 saturated heterocycles. The Labute approximate surface area is 118 Å². The van der Waals surface area contributed by atoms with Crippen molar-refractivity contribution >= 4 is 0 Å². The Morgan fingerprint density at radius 3 is 2.79 bits per heavy atom. The van der Waals surface area contributed by atoms with Crippen molar-refractivity contribution in [2.24, 2.45) is 17.6 Å². The molecule has 0 amide bonds. The van der Waals surface area contributed by atoms with Crippen molar-refractivity contribution in [2.75, 3.05) is 19.6 Å². The third-order valence-corrected chi connectivity index (χ3v) is 4.64. The van der Waals surface area contributed by atoms with Crippen molar-refractivity contribution in [1.29, 1.82) is 0 Å². The van der Waals surface area contributed by atoms with E-state index in [1.807, 2.05) is 0 Å². The molecule has 3 atom stereocenters. The Bertz CT molecular complexity index is 402. The predicted molar refractivity (Wildman–Crippen MR) is 82.1 cm³/mol. The van der Waals surface area contributed by atoms with Crippen LogP contribution in [0, 0.1) is 18.8 Å². The number of nitrogens with two attached hydrogens (primary N) is 1. The molecule has 106 valence electrons. The van der Waals surface area contributed by atoms with E-state index in [1.165, 1.54) is 30.6 Å². The van der Waals surface area contributed by atoms with Gasteiger partial charge in [-0.05, 0) is 50.3 Å². The van der Waals surface area contributed by atoms with Gasteiger partial charge in [0.15, 0.2) is 0 Å². The van der Waals surface area contributed by atoms with E-state index in [2.05, 4.69) is 49.9 Å². The van der Waals surface area contributed by atoms with Gasteiger partial charge in [0.05, 0.1) is 0 Å². The maximum atomic E-state index is 6.32. The van der Waals surface area contributed by atoms with Gasteiger partial charge in [-0.25, -0.2) is 0 Å². The lowest BCUT2D eigenvalue weighted by Gasteiger charge is -2.35. The van der Waals surface area contributed by atoms with Crippen LogP contribution in [0.4, 0.5) is 0 Å². The molecule has 0 radical (unpaired) electrons. The van der Waals surface area contributed by atoms with Gasteiger partial charge >= 0.3 is 0 Å². The number of benzene rings is 1. The Hall–Kier alpha value is -0.860. The summed E-state index contributed by atoms with van der Waals surface area (Å²) in [4.78, 5) is 2.58. The summed E-state index contributed by atoms with van der Waals surface area (Å²) in [6, 6.07) is 8.78. The molecule has 1 aliphatic rings. The normalized spacial score (nSPS) is 26.3. The Balaban J connectivity index is 1.82. The van der Waals surface area contributed by atoms with E-state index >= 15 is 0 Å². The number of hydrogen-bond donors (Lipinski definition) is 1. The second-order valence-electron chi connectivity index (χ2n) is 6.35. The molecular formula is C17H28N2. The Kier molecular flexibility index (Phi) is 5.00. The topological polar surface area (TPSA) is 29.3 Å². The lowest BCUT2D eigenvalue weighted by molar-refractivity contribution is 0.135. The van der Waals surface area contributed by atoms with Crippen molar-refractivity contribution in [3.05, 3.63) is 35.4 Å². The van der Waals surface area contributed by atoms with Gasteiger partial charge in [0, 0.05) is 12.6 Å². The standard InChI is InChI=1S/C17H28N2/c1-13-5-4-6-16(11-13)17(18)8-10-19-9-7-14(2)15(3)12-19/h4-6,11,14-15,17H,7-10,12,18H2,1-3H3. The van der Waals surface area contributed by atoms with Crippen LogP contribution in [0.1, 0.15) is 43.9 Å². The number of hydrogen-bond acceptors (Lipinski definition) is 2. The molecule has 1 heterocycles. The van der Waals surface area contributed by atoms with Crippen molar-refractivity contribution in [3.63, 3.8) is 0 Å². The van der Waals surface area contributed by atoms with Crippen LogP contribution < -0.4 is 5.73 Å². The van der Waals surface area contributed by atoms with Crippen molar-refractivity contribution < 1.29 is 0 Å². The average molecular weight is 260 g/mol. The van der Waals surface area contributed by atoms with Crippen LogP contribution in [0.15, 0.2) is 24.3 Å². The monoisotopic (exact) mass is 260 g/mol. The molecule has 0 saturated carbocycles. The fraction of sp³-hybridized carbons (Fsp3) is 0.647. The molecule has 2 rings (SSSR count). The van der Waals surface area contributed by atoms with Gasteiger partial charge in [-0.3, -0.25) is 0 Å². The predicted octanol–water partition coefficient (Wildman–Crippen LogP) is 3.36. The number of aryl methyl sites for hydroxylation is 1. The molecule has 0 aliphatic carbocycles. The summed E-state index contributed by atoms with van der Waals surface area (Å²) in [5.41, 5.74) is 8.89. The van der Waals surface area contributed by atoms with E-state index in [1.54, 1.807) is 0 Å². The molecule has 1 aromatic rings. The average Bonchev–Trinajstić information content (AvgIpc) is 2.40. The fourth-order valence-electron chi connectivity index (χ4n) is 2.94. The summed E-state index contributed by atoms with van der Waals surface area (Å²) in [6.45, 7) is 10.5. The first kappa shape index (κ1) is 14.5. The summed E-state index contributed by atoms with van der Waals surface area (Å²) < 4.78 is 0. The van der Waals surface area contributed by atoms with Gasteiger partial charge in [-0.1, -0.05) is 43.7 Å². The van der Waals surface area contributed by atoms with Gasteiger partial charge in [-0.2, -0.15) is 0 Å². The van der Waals surface area contributed by atoms with E-state index in [0.717, 1.165) is 24.8 Å². The van der Waals surface area contributed by atoms with Gasteiger partial charge in [0.1, 0.15) is 0 Å². The fourth-order valence-corrected chi connectivity index (χ4v) is 2.94. The van der Waals surface area contributed by atoms with Crippen LogP contribution in [-0.4, -0.2) is 24.5 Å². The minimum atomic E-state index is 0.176. The molecule has 3 unspecified atom stereocenters. The van der Waals surface area contributed by atoms with Crippen LogP contribution in [-0.2, 0) is 0 Å². The SMILES string of the molecule is Cc1cccc(C(N)CCN2CCC(C)C(C)C2)c1. The molecule has 0 bridgehead atoms. The largest absolute Gasteiger partial charge is 0.324 e. The summed E-state index contributed by atoms with van der Waals surface area (Å²) in [5, 5.41) is 0. The van der Waals surface area contributed by atoms with Gasteiger partial charge in [0.25, 0.3) is 0 Å². The molecule has 1 aliphatic heterocycles. The summed E-state index contributed by atoms with van der Waals surface area (Å²) >= 11 is 0. The number of nitrogens with zero attached hydrogens (tertiary/aromatic N) is 1. The molecule has 2 heteroatoms. The highest BCUT2D eigenvalue weighted by molar-refractivity contribution is 5.24. The smallest absolute Gasteiger partial charge is 0.0307 e. The molecule has 19 heavy (non-hydrogen) atoms. The van der Waals surface area contributed by atoms with E-state index < -0.39 is 0 Å². The lowest BCUT2D eigenvalue weighted by atomic mass is 9.88. The maximum Gasteiger partial charge on any atom is 0.0307 e. The minimum absolute atomic E-state index is 0.176. The highest BCUT2D eigenvalue weighted by Gasteiger charge is 2.22. The zero-order chi connectivity index (χ0) is 13.8. The molecule has 2 N–H and O–H groups in total. The molecule has 0 aromatic heterocycles. The Morgan fingerprint density at radius 2 is 2.11 bits per heavy atom. The maximum absolute atomic E-state index is 6.32. The van der Waals surface area contributed by atoms with E-state index in [-0.39, 0.29) is 6.04 Å². The first-order chi connectivity index (χ1) is 9.06. The van der Waals surface area contributed by atoms with Crippen LogP contribution >= 0.6 is 0 Å². The summed E-state index contributed by atoms with van der Waals surface area (Å²) in [7, 11) is 0. The highest BCUT2D eigenvalue weighted by Crippen LogP contribution is 2.23. The van der Waals surface area contributed by atoms with Gasteiger partial charge in [0.2, 0.25) is 0 Å². The van der Waals surface area contributed by atoms with Crippen LogP contribution in [0.2, 0.25) is 0 Å².